The van der Waals surface area contributed by atoms with Crippen LogP contribution in [0.4, 0.5) is 0 Å². The third-order valence-corrected chi connectivity index (χ3v) is 3.60. The Bertz CT molecular complexity index is 562. The number of nitrogens with zero attached hydrogens (tertiary/aromatic N) is 1. The van der Waals surface area contributed by atoms with Crippen molar-refractivity contribution in [2.45, 2.75) is 0 Å². The third kappa shape index (κ3) is 3.00. The van der Waals surface area contributed by atoms with Gasteiger partial charge in [0, 0.05) is 11.2 Å². The summed E-state index contributed by atoms with van der Waals surface area (Å²) in [4.78, 5) is 13.3. The number of carboxylic acid groups (broad SMARTS) is 1. The molecule has 0 saturated heterocycles. The van der Waals surface area contributed by atoms with E-state index in [-0.39, 0.29) is 0 Å². The van der Waals surface area contributed by atoms with Crippen molar-refractivity contribution in [3.05, 3.63) is 29.1 Å². The van der Waals surface area contributed by atoms with E-state index in [9.17, 15) is 4.79 Å². The van der Waals surface area contributed by atoms with Gasteiger partial charge >= 0.3 is 5.97 Å². The van der Waals surface area contributed by atoms with Crippen molar-refractivity contribution in [1.82, 2.24) is 4.90 Å². The minimum absolute atomic E-state index is 0.357. The number of fused-ring (bicyclic) bond motifs is 1. The van der Waals surface area contributed by atoms with Crippen LogP contribution in [0.15, 0.2) is 24.3 Å². The van der Waals surface area contributed by atoms with Crippen molar-refractivity contribution in [1.29, 1.82) is 0 Å². The van der Waals surface area contributed by atoms with E-state index in [2.05, 4.69) is 0 Å². The average molecular weight is 265 g/mol. The van der Waals surface area contributed by atoms with E-state index in [1.165, 1.54) is 11.3 Å². The number of aromatic carboxylic acids is 1. The molecule has 1 aromatic heterocycles. The van der Waals surface area contributed by atoms with Crippen molar-refractivity contribution in [2.24, 2.45) is 0 Å². The molecule has 0 unspecified atom stereocenters. The van der Waals surface area contributed by atoms with Crippen molar-refractivity contribution < 1.29 is 14.6 Å². The molecular formula is C13H15NO3S. The first kappa shape index (κ1) is 12.9. The van der Waals surface area contributed by atoms with Crippen LogP contribution in [0.2, 0.25) is 0 Å². The number of carbonyl (C=O) groups is 1. The highest BCUT2D eigenvalue weighted by Crippen LogP contribution is 2.29. The van der Waals surface area contributed by atoms with Gasteiger partial charge < -0.3 is 14.7 Å². The number of hydrogen-bond donors (Lipinski definition) is 1. The second-order valence-electron chi connectivity index (χ2n) is 4.27. The highest BCUT2D eigenvalue weighted by atomic mass is 32.1. The molecule has 96 valence electrons. The van der Waals surface area contributed by atoms with Gasteiger partial charge in [-0.05, 0) is 43.7 Å². The maximum Gasteiger partial charge on any atom is 0.345 e. The first-order valence-corrected chi connectivity index (χ1v) is 6.42. The molecule has 2 rings (SSSR count). The van der Waals surface area contributed by atoms with Crippen LogP contribution in [0, 0.1) is 0 Å². The molecule has 1 aromatic carbocycles. The minimum atomic E-state index is -0.883. The fraction of sp³-hybridized carbons (Fsp3) is 0.308. The van der Waals surface area contributed by atoms with Gasteiger partial charge in [0.25, 0.3) is 0 Å². The summed E-state index contributed by atoms with van der Waals surface area (Å²) < 4.78 is 6.55. The molecular weight excluding hydrogens is 250 g/mol. The van der Waals surface area contributed by atoms with Gasteiger partial charge in [-0.1, -0.05) is 0 Å². The Balaban J connectivity index is 2.14. The number of carboxylic acids is 1. The van der Waals surface area contributed by atoms with Crippen LogP contribution in [0.5, 0.6) is 5.75 Å². The third-order valence-electron chi connectivity index (χ3n) is 2.51. The van der Waals surface area contributed by atoms with Crippen LogP contribution >= 0.6 is 11.3 Å². The molecule has 4 nitrogen and oxygen atoms in total. The van der Waals surface area contributed by atoms with Crippen LogP contribution in [0.1, 0.15) is 9.67 Å². The highest BCUT2D eigenvalue weighted by Gasteiger charge is 2.08. The van der Waals surface area contributed by atoms with Gasteiger partial charge in [-0.15, -0.1) is 11.3 Å². The Hall–Kier alpha value is -1.59. The average Bonchev–Trinajstić information content (AvgIpc) is 2.71. The van der Waals surface area contributed by atoms with E-state index in [0.29, 0.717) is 11.5 Å². The van der Waals surface area contributed by atoms with Gasteiger partial charge in [0.2, 0.25) is 0 Å². The Kier molecular flexibility index (Phi) is 3.84. The summed E-state index contributed by atoms with van der Waals surface area (Å²) >= 11 is 1.27. The maximum atomic E-state index is 10.9. The summed E-state index contributed by atoms with van der Waals surface area (Å²) in [6, 6.07) is 7.34. The first-order valence-electron chi connectivity index (χ1n) is 5.60. The molecule has 0 spiro atoms. The number of benzene rings is 1. The van der Waals surface area contributed by atoms with Crippen LogP contribution < -0.4 is 4.74 Å². The Labute approximate surface area is 109 Å². The number of hydrogen-bond acceptors (Lipinski definition) is 4. The summed E-state index contributed by atoms with van der Waals surface area (Å²) in [5.41, 5.74) is 0. The summed E-state index contributed by atoms with van der Waals surface area (Å²) in [6.07, 6.45) is 0. The van der Waals surface area contributed by atoms with Crippen molar-refractivity contribution in [2.75, 3.05) is 27.2 Å². The van der Waals surface area contributed by atoms with Gasteiger partial charge in [0.15, 0.2) is 0 Å². The van der Waals surface area contributed by atoms with E-state index < -0.39 is 5.97 Å². The molecule has 0 fully saturated rings. The molecule has 0 aliphatic heterocycles. The minimum Gasteiger partial charge on any atom is -0.492 e. The zero-order valence-corrected chi connectivity index (χ0v) is 11.2. The van der Waals surface area contributed by atoms with Crippen molar-refractivity contribution >= 4 is 27.4 Å². The molecule has 2 aromatic rings. The van der Waals surface area contributed by atoms with Gasteiger partial charge in [-0.3, -0.25) is 0 Å². The molecule has 0 bridgehead atoms. The molecule has 1 heterocycles. The van der Waals surface area contributed by atoms with E-state index in [1.807, 2.05) is 37.2 Å². The first-order chi connectivity index (χ1) is 8.56. The van der Waals surface area contributed by atoms with Crippen LogP contribution in [-0.4, -0.2) is 43.2 Å². The lowest BCUT2D eigenvalue weighted by molar-refractivity contribution is 0.0702. The Morgan fingerprint density at radius 2 is 2.17 bits per heavy atom. The largest absolute Gasteiger partial charge is 0.492 e. The molecule has 0 amide bonds. The normalized spacial score (nSPS) is 11.1. The molecule has 5 heteroatoms. The summed E-state index contributed by atoms with van der Waals surface area (Å²) in [5, 5.41) is 9.87. The predicted molar refractivity (Wildman–Crippen MR) is 72.8 cm³/mol. The number of thiophene rings is 1. The maximum absolute atomic E-state index is 10.9. The number of ether oxygens (including phenoxy) is 1. The van der Waals surface area contributed by atoms with Crippen LogP contribution in [0.3, 0.4) is 0 Å². The monoisotopic (exact) mass is 265 g/mol. The Morgan fingerprint density at radius 3 is 2.83 bits per heavy atom. The lowest BCUT2D eigenvalue weighted by atomic mass is 10.2. The molecule has 0 aliphatic carbocycles. The second-order valence-corrected chi connectivity index (χ2v) is 5.35. The molecule has 0 radical (unpaired) electrons. The molecule has 0 saturated carbocycles. The quantitative estimate of drug-likeness (QED) is 0.902. The standard InChI is InChI=1S/C13H15NO3S/c1-14(2)5-6-17-10-4-3-9-7-12(13(15)16)18-11(9)8-10/h3-4,7-8H,5-6H2,1-2H3,(H,15,16). The van der Waals surface area contributed by atoms with Gasteiger partial charge in [-0.2, -0.15) is 0 Å². The smallest absolute Gasteiger partial charge is 0.345 e. The SMILES string of the molecule is CN(C)CCOc1ccc2cc(C(=O)O)sc2c1. The number of likely N-dealkylation sites (N-methyl/N-ethyl adjacent to an activating group) is 1. The Morgan fingerprint density at radius 1 is 1.39 bits per heavy atom. The lowest BCUT2D eigenvalue weighted by Gasteiger charge is -2.10. The fourth-order valence-electron chi connectivity index (χ4n) is 1.55. The van der Waals surface area contributed by atoms with Crippen molar-refractivity contribution in [3.63, 3.8) is 0 Å². The molecule has 18 heavy (non-hydrogen) atoms. The number of rotatable bonds is 5. The van der Waals surface area contributed by atoms with Crippen molar-refractivity contribution in [3.8, 4) is 5.75 Å². The van der Waals surface area contributed by atoms with E-state index in [1.54, 1.807) is 6.07 Å². The second kappa shape index (κ2) is 5.37. The summed E-state index contributed by atoms with van der Waals surface area (Å²) in [7, 11) is 3.98. The van der Waals surface area contributed by atoms with Gasteiger partial charge in [-0.25, -0.2) is 4.79 Å². The zero-order valence-electron chi connectivity index (χ0n) is 10.3. The van der Waals surface area contributed by atoms with E-state index >= 15 is 0 Å². The molecule has 1 N–H and O–H groups in total. The van der Waals surface area contributed by atoms with E-state index in [0.717, 1.165) is 22.4 Å². The van der Waals surface area contributed by atoms with Gasteiger partial charge in [0.05, 0.1) is 0 Å². The van der Waals surface area contributed by atoms with Gasteiger partial charge in [0.1, 0.15) is 17.2 Å². The lowest BCUT2D eigenvalue weighted by Crippen LogP contribution is -2.19. The van der Waals surface area contributed by atoms with Crippen LogP contribution in [-0.2, 0) is 0 Å². The topological polar surface area (TPSA) is 49.8 Å². The predicted octanol–water partition coefficient (Wildman–Crippen LogP) is 2.54. The zero-order chi connectivity index (χ0) is 13.1. The van der Waals surface area contributed by atoms with E-state index in [4.69, 9.17) is 9.84 Å². The molecule has 0 atom stereocenters. The fourth-order valence-corrected chi connectivity index (χ4v) is 2.48. The molecule has 0 aliphatic rings. The summed E-state index contributed by atoms with van der Waals surface area (Å²) in [5.74, 6) is -0.102. The highest BCUT2D eigenvalue weighted by molar-refractivity contribution is 7.20. The summed E-state index contributed by atoms with van der Waals surface area (Å²) in [6.45, 7) is 1.47. The van der Waals surface area contributed by atoms with Crippen LogP contribution in [0.25, 0.3) is 10.1 Å².